The van der Waals surface area contributed by atoms with Crippen molar-refractivity contribution in [1.82, 2.24) is 28.3 Å². The fourth-order valence-electron chi connectivity index (χ4n) is 7.54. The minimum Gasteiger partial charge on any atom is -0.497 e. The number of aromatic nitrogens is 1. The van der Waals surface area contributed by atoms with Gasteiger partial charge in [0.15, 0.2) is 0 Å². The van der Waals surface area contributed by atoms with Gasteiger partial charge in [-0.3, -0.25) is 9.59 Å². The lowest BCUT2D eigenvalue weighted by atomic mass is 9.81. The number of piperazine rings is 1. The van der Waals surface area contributed by atoms with Gasteiger partial charge >= 0.3 is 16.2 Å². The maximum atomic E-state index is 14.4. The van der Waals surface area contributed by atoms with Crippen molar-refractivity contribution < 1.29 is 27.5 Å². The van der Waals surface area contributed by atoms with Crippen LogP contribution in [0.4, 0.5) is 4.79 Å². The van der Waals surface area contributed by atoms with Gasteiger partial charge < -0.3 is 24.0 Å². The van der Waals surface area contributed by atoms with Crippen molar-refractivity contribution in [2.75, 3.05) is 61.5 Å². The summed E-state index contributed by atoms with van der Waals surface area (Å²) in [6.07, 6.45) is 6.10. The zero-order valence-corrected chi connectivity index (χ0v) is 29.3. The lowest BCUT2D eigenvalue weighted by molar-refractivity contribution is -0.137. The molecule has 13 heteroatoms. The SMILES string of the molecule is COc1ccc2c(c1)CC(C(=O)N1CCN(C(=O)N(C)C)CC1)Cn1c-2c(C2CCCCC2)c2ccc(C(=O)NS(=O)(=O)N(C)C)cc21. The van der Waals surface area contributed by atoms with E-state index in [4.69, 9.17) is 4.74 Å². The van der Waals surface area contributed by atoms with E-state index in [2.05, 4.69) is 15.4 Å². The summed E-state index contributed by atoms with van der Waals surface area (Å²) in [6, 6.07) is 11.4. The van der Waals surface area contributed by atoms with Gasteiger partial charge in [0.2, 0.25) is 5.91 Å². The minimum absolute atomic E-state index is 0.0283. The molecule has 48 heavy (non-hydrogen) atoms. The Morgan fingerprint density at radius 1 is 0.896 bits per heavy atom. The van der Waals surface area contributed by atoms with Gasteiger partial charge in [0.1, 0.15) is 5.75 Å². The smallest absolute Gasteiger partial charge is 0.319 e. The van der Waals surface area contributed by atoms with Crippen LogP contribution in [0.25, 0.3) is 22.2 Å². The summed E-state index contributed by atoms with van der Waals surface area (Å²) in [4.78, 5) is 45.4. The number of nitrogens with one attached hydrogen (secondary N) is 1. The Morgan fingerprint density at radius 3 is 2.23 bits per heavy atom. The molecule has 1 atom stereocenters. The Bertz CT molecular complexity index is 1840. The molecule has 6 rings (SSSR count). The van der Waals surface area contributed by atoms with Crippen molar-refractivity contribution in [3.8, 4) is 17.0 Å². The van der Waals surface area contributed by atoms with Gasteiger partial charge in [0, 0.05) is 82.9 Å². The van der Waals surface area contributed by atoms with Gasteiger partial charge in [0.05, 0.1) is 18.7 Å². The number of carbonyl (C=O) groups is 3. The third-order valence-electron chi connectivity index (χ3n) is 10.1. The lowest BCUT2D eigenvalue weighted by Gasteiger charge is -2.37. The first kappa shape index (κ1) is 33.8. The molecule has 1 N–H and O–H groups in total. The van der Waals surface area contributed by atoms with Gasteiger partial charge in [-0.25, -0.2) is 9.52 Å². The molecular weight excluding hydrogens is 632 g/mol. The number of urea groups is 1. The Labute approximate surface area is 282 Å². The normalized spacial score (nSPS) is 18.7. The van der Waals surface area contributed by atoms with Crippen LogP contribution in [0.2, 0.25) is 0 Å². The second-order valence-electron chi connectivity index (χ2n) is 13.6. The average Bonchev–Trinajstić information content (AvgIpc) is 3.29. The Balaban J connectivity index is 1.46. The number of hydrogen-bond acceptors (Lipinski definition) is 6. The molecule has 2 aliphatic heterocycles. The number of fused-ring (bicyclic) bond motifs is 5. The van der Waals surface area contributed by atoms with Crippen LogP contribution in [0.5, 0.6) is 5.75 Å². The molecule has 2 fully saturated rings. The van der Waals surface area contributed by atoms with E-state index in [1.165, 1.54) is 26.1 Å². The zero-order chi connectivity index (χ0) is 34.3. The predicted molar refractivity (Wildman–Crippen MR) is 184 cm³/mol. The van der Waals surface area contributed by atoms with E-state index in [-0.39, 0.29) is 17.5 Å². The van der Waals surface area contributed by atoms with Crippen LogP contribution in [0.15, 0.2) is 36.4 Å². The van der Waals surface area contributed by atoms with Gasteiger partial charge in [-0.05, 0) is 66.6 Å². The minimum atomic E-state index is -3.99. The number of methoxy groups -OCH3 is 1. The second kappa shape index (κ2) is 13.4. The standard InChI is InChI=1S/C35H46N6O6S/c1-37(2)35(44)40-17-15-39(16-18-40)34(43)26-19-25-20-27(47-5)12-14-28(25)32-31(23-9-7-6-8-10-23)29-13-11-24(21-30(29)41(32)22-26)33(42)36-48(45,46)38(3)4/h11-14,20-21,23,26H,6-10,15-19,22H2,1-5H3,(H,36,42). The summed E-state index contributed by atoms with van der Waals surface area (Å²) < 4.78 is 36.0. The molecule has 258 valence electrons. The number of carbonyl (C=O) groups excluding carboxylic acids is 3. The van der Waals surface area contributed by atoms with Gasteiger partial charge in [0.25, 0.3) is 5.91 Å². The van der Waals surface area contributed by atoms with Crippen LogP contribution in [-0.4, -0.2) is 111 Å². The molecule has 3 aliphatic rings. The number of nitrogens with zero attached hydrogens (tertiary/aromatic N) is 5. The maximum Gasteiger partial charge on any atom is 0.319 e. The molecule has 12 nitrogen and oxygen atoms in total. The lowest BCUT2D eigenvalue weighted by Crippen LogP contribution is -2.54. The predicted octanol–water partition coefficient (Wildman–Crippen LogP) is 3.90. The van der Waals surface area contributed by atoms with Crippen LogP contribution >= 0.6 is 0 Å². The van der Waals surface area contributed by atoms with Gasteiger partial charge in [-0.2, -0.15) is 12.7 Å². The van der Waals surface area contributed by atoms with Gasteiger partial charge in [-0.1, -0.05) is 25.3 Å². The van der Waals surface area contributed by atoms with Crippen LogP contribution in [0, 0.1) is 5.92 Å². The van der Waals surface area contributed by atoms with Crippen LogP contribution < -0.4 is 9.46 Å². The number of ether oxygens (including phenoxy) is 1. The highest BCUT2D eigenvalue weighted by Crippen LogP contribution is 2.47. The summed E-state index contributed by atoms with van der Waals surface area (Å²) in [5, 5.41) is 1.02. The van der Waals surface area contributed by atoms with Crippen molar-refractivity contribution in [2.45, 2.75) is 51.0 Å². The Kier molecular flexibility index (Phi) is 9.45. The molecule has 4 amide bonds. The van der Waals surface area contributed by atoms with E-state index >= 15 is 0 Å². The number of rotatable bonds is 6. The zero-order valence-electron chi connectivity index (χ0n) is 28.5. The molecule has 2 aromatic carbocycles. The molecule has 0 bridgehead atoms. The van der Waals surface area contributed by atoms with E-state index in [1.807, 2.05) is 23.1 Å². The summed E-state index contributed by atoms with van der Waals surface area (Å²) >= 11 is 0. The van der Waals surface area contributed by atoms with E-state index in [9.17, 15) is 22.8 Å². The van der Waals surface area contributed by atoms with Crippen molar-refractivity contribution in [3.05, 3.63) is 53.1 Å². The quantitative estimate of drug-likeness (QED) is 0.422. The van der Waals surface area contributed by atoms with E-state index < -0.39 is 22.0 Å². The summed E-state index contributed by atoms with van der Waals surface area (Å²) in [7, 11) is 3.85. The highest BCUT2D eigenvalue weighted by molar-refractivity contribution is 7.87. The van der Waals surface area contributed by atoms with Crippen molar-refractivity contribution in [2.24, 2.45) is 5.92 Å². The molecule has 1 unspecified atom stereocenters. The number of benzene rings is 2. The first-order valence-corrected chi connectivity index (χ1v) is 18.2. The topological polar surface area (TPSA) is 124 Å². The van der Waals surface area contributed by atoms with Crippen molar-refractivity contribution >= 4 is 39.0 Å². The molecular formula is C35H46N6O6S. The van der Waals surface area contributed by atoms with E-state index in [1.54, 1.807) is 43.1 Å². The summed E-state index contributed by atoms with van der Waals surface area (Å²) in [5.41, 5.74) is 5.40. The third-order valence-corrected chi connectivity index (χ3v) is 11.5. The molecule has 0 spiro atoms. The first-order chi connectivity index (χ1) is 22.9. The average molecular weight is 679 g/mol. The van der Waals surface area contributed by atoms with Crippen molar-refractivity contribution in [3.63, 3.8) is 0 Å². The Hall–Kier alpha value is -4.10. The number of hydrogen-bond donors (Lipinski definition) is 1. The molecule has 1 saturated heterocycles. The third kappa shape index (κ3) is 6.37. The fraction of sp³-hybridized carbons (Fsp3) is 0.514. The highest BCUT2D eigenvalue weighted by Gasteiger charge is 2.36. The molecule has 1 saturated carbocycles. The highest BCUT2D eigenvalue weighted by atomic mass is 32.2. The van der Waals surface area contributed by atoms with Crippen LogP contribution in [0.3, 0.4) is 0 Å². The first-order valence-electron chi connectivity index (χ1n) is 16.7. The van der Waals surface area contributed by atoms with E-state index in [0.717, 1.165) is 63.5 Å². The van der Waals surface area contributed by atoms with Gasteiger partial charge in [-0.15, -0.1) is 0 Å². The maximum absolute atomic E-state index is 14.4. The fourth-order valence-corrected chi connectivity index (χ4v) is 8.08. The Morgan fingerprint density at radius 2 is 1.58 bits per heavy atom. The number of amides is 4. The second-order valence-corrected chi connectivity index (χ2v) is 15.5. The van der Waals surface area contributed by atoms with Crippen LogP contribution in [-0.2, 0) is 28.0 Å². The van der Waals surface area contributed by atoms with E-state index in [0.29, 0.717) is 45.1 Å². The summed E-state index contributed by atoms with van der Waals surface area (Å²) in [6.45, 7) is 2.25. The van der Waals surface area contributed by atoms with Crippen molar-refractivity contribution in [1.29, 1.82) is 0 Å². The molecule has 1 aromatic heterocycles. The molecule has 3 aromatic rings. The largest absolute Gasteiger partial charge is 0.497 e. The van der Waals surface area contributed by atoms with Crippen LogP contribution in [0.1, 0.15) is 59.5 Å². The molecule has 3 heterocycles. The molecule has 0 radical (unpaired) electrons. The monoisotopic (exact) mass is 678 g/mol. The molecule has 1 aliphatic carbocycles. The summed E-state index contributed by atoms with van der Waals surface area (Å²) in [5.74, 6) is -0.0523.